The number of hydrogen-bond acceptors (Lipinski definition) is 7. The Balaban J connectivity index is 1.22. The maximum Gasteiger partial charge on any atom is 0.245 e. The Morgan fingerprint density at radius 3 is 2.46 bits per heavy atom. The smallest absolute Gasteiger partial charge is 0.245 e. The van der Waals surface area contributed by atoms with Gasteiger partial charge in [-0.05, 0) is 61.6 Å². The number of fused-ring (bicyclic) bond motifs is 16. The predicted octanol–water partition coefficient (Wildman–Crippen LogP) is 1.30. The number of rotatable bonds is 5. The Morgan fingerprint density at radius 2 is 1.72 bits per heavy atom. The molecule has 7 rings (SSSR count). The Labute approximate surface area is 289 Å². The number of aromatic nitrogens is 2. The molecule has 2 bridgehead atoms. The van der Waals surface area contributed by atoms with Crippen LogP contribution in [0.5, 0.6) is 5.75 Å². The number of amides is 5. The molecule has 1 saturated carbocycles. The van der Waals surface area contributed by atoms with Gasteiger partial charge in [-0.25, -0.2) is 4.98 Å². The summed E-state index contributed by atoms with van der Waals surface area (Å²) in [6.45, 7) is 3.87. The third kappa shape index (κ3) is 8.11. The standard InChI is InChI=1S/C37H41N7O6/c1-23-7-6-17-44-27(22-39-32(23)44)21-31(45)41-29-20-26-10-12-28(13-11-26)50-18-16-38-36(49)37(14-15-37)43-35(48)30(19-25-8-4-3-5-9-25)42-33(46)24(2)40-34(29)47/h3-13,17,22,24,29-30H,14-16,18-21H2,1-2H3,(H,38,49)(H,40,47)(H,41,45)(H,42,46)(H,43,48)/t24-,29-,30+/m0/s1. The van der Waals surface area contributed by atoms with Crippen LogP contribution in [0.4, 0.5) is 0 Å². The van der Waals surface area contributed by atoms with Crippen molar-refractivity contribution in [3.8, 4) is 5.75 Å². The SMILES string of the molecule is Cc1cccn2c(CC(=O)N[C@H]3Cc4ccc(cc4)OCCNC(=O)C4(CC4)NC(=O)[C@@H](Cc4ccccc4)NC(=O)[C@H](C)NC3=O)cnc12. The molecule has 1 aliphatic carbocycles. The molecule has 2 aromatic carbocycles. The Morgan fingerprint density at radius 1 is 0.960 bits per heavy atom. The lowest BCUT2D eigenvalue weighted by Gasteiger charge is -2.25. The monoisotopic (exact) mass is 679 g/mol. The van der Waals surface area contributed by atoms with Gasteiger partial charge in [0.25, 0.3) is 0 Å². The van der Waals surface area contributed by atoms with Crippen molar-refractivity contribution >= 4 is 35.2 Å². The van der Waals surface area contributed by atoms with Crippen molar-refractivity contribution in [2.45, 2.75) is 69.6 Å². The molecule has 0 saturated heterocycles. The van der Waals surface area contributed by atoms with Gasteiger partial charge in [0.1, 0.15) is 41.7 Å². The van der Waals surface area contributed by atoms with Crippen LogP contribution >= 0.6 is 0 Å². The van der Waals surface area contributed by atoms with Gasteiger partial charge < -0.3 is 35.7 Å². The number of hydrogen-bond donors (Lipinski definition) is 5. The number of imidazole rings is 1. The van der Waals surface area contributed by atoms with Crippen molar-refractivity contribution < 1.29 is 28.7 Å². The predicted molar refractivity (Wildman–Crippen MR) is 184 cm³/mol. The largest absolute Gasteiger partial charge is 0.492 e. The van der Waals surface area contributed by atoms with Crippen molar-refractivity contribution in [1.82, 2.24) is 36.0 Å². The second-order valence-corrected chi connectivity index (χ2v) is 12.9. The number of benzene rings is 2. The summed E-state index contributed by atoms with van der Waals surface area (Å²) >= 11 is 0. The van der Waals surface area contributed by atoms with E-state index in [-0.39, 0.29) is 38.3 Å². The summed E-state index contributed by atoms with van der Waals surface area (Å²) in [5, 5.41) is 14.1. The molecule has 4 heterocycles. The Bertz CT molecular complexity index is 1890. The summed E-state index contributed by atoms with van der Waals surface area (Å²) < 4.78 is 7.66. The fourth-order valence-corrected chi connectivity index (χ4v) is 6.00. The number of pyridine rings is 1. The van der Waals surface area contributed by atoms with Crippen LogP contribution in [0, 0.1) is 6.92 Å². The minimum atomic E-state index is -1.06. The number of ether oxygens (including phenoxy) is 1. The molecule has 1 spiro atoms. The number of aryl methyl sites for hydroxylation is 1. The van der Waals surface area contributed by atoms with E-state index in [9.17, 15) is 24.0 Å². The average molecular weight is 680 g/mol. The molecule has 4 aromatic rings. The Hall–Kier alpha value is -5.72. The fraction of sp³-hybridized carbons (Fsp3) is 0.351. The van der Waals surface area contributed by atoms with Crippen LogP contribution in [-0.2, 0) is 43.2 Å². The van der Waals surface area contributed by atoms with Crippen LogP contribution < -0.4 is 31.3 Å². The van der Waals surface area contributed by atoms with Crippen molar-refractivity contribution in [3.63, 3.8) is 0 Å². The van der Waals surface area contributed by atoms with Gasteiger partial charge in [-0.1, -0.05) is 48.5 Å². The number of nitrogens with one attached hydrogen (secondary N) is 5. The topological polar surface area (TPSA) is 172 Å². The van der Waals surface area contributed by atoms with E-state index in [0.717, 1.165) is 22.3 Å². The number of nitrogens with zero attached hydrogens (tertiary/aromatic N) is 2. The van der Waals surface area contributed by atoms with Crippen molar-refractivity contribution in [2.75, 3.05) is 13.2 Å². The molecule has 50 heavy (non-hydrogen) atoms. The van der Waals surface area contributed by atoms with E-state index >= 15 is 0 Å². The summed E-state index contributed by atoms with van der Waals surface area (Å²) in [6, 6.07) is 17.0. The normalized spacial score (nSPS) is 21.4. The van der Waals surface area contributed by atoms with E-state index in [1.807, 2.05) is 60.0 Å². The quantitative estimate of drug-likeness (QED) is 0.198. The fourth-order valence-electron chi connectivity index (χ4n) is 6.00. The molecular weight excluding hydrogens is 638 g/mol. The molecule has 5 amide bonds. The van der Waals surface area contributed by atoms with E-state index in [1.165, 1.54) is 6.92 Å². The van der Waals surface area contributed by atoms with Gasteiger partial charge in [0, 0.05) is 25.2 Å². The molecular formula is C37H41N7O6. The highest BCUT2D eigenvalue weighted by Crippen LogP contribution is 2.35. The molecule has 0 radical (unpaired) electrons. The maximum atomic E-state index is 13.7. The molecule has 13 heteroatoms. The summed E-state index contributed by atoms with van der Waals surface area (Å²) in [5.74, 6) is -1.81. The van der Waals surface area contributed by atoms with Gasteiger partial charge in [-0.3, -0.25) is 24.0 Å². The van der Waals surface area contributed by atoms with E-state index in [1.54, 1.807) is 30.5 Å². The zero-order valence-electron chi connectivity index (χ0n) is 28.0. The van der Waals surface area contributed by atoms with E-state index in [4.69, 9.17) is 4.74 Å². The lowest BCUT2D eigenvalue weighted by atomic mass is 10.0. The van der Waals surface area contributed by atoms with Gasteiger partial charge in [0.15, 0.2) is 0 Å². The first-order valence-electron chi connectivity index (χ1n) is 16.8. The number of carbonyl (C=O) groups excluding carboxylic acids is 5. The molecule has 13 nitrogen and oxygen atoms in total. The summed E-state index contributed by atoms with van der Waals surface area (Å²) in [6.07, 6.45) is 4.69. The lowest BCUT2D eigenvalue weighted by molar-refractivity contribution is -0.134. The molecule has 1 fully saturated rings. The molecule has 2 aliphatic heterocycles. The second kappa shape index (κ2) is 14.8. The van der Waals surface area contributed by atoms with E-state index in [2.05, 4.69) is 31.6 Å². The van der Waals surface area contributed by atoms with Crippen LogP contribution in [0.3, 0.4) is 0 Å². The van der Waals surface area contributed by atoms with Gasteiger partial charge in [-0.2, -0.15) is 0 Å². The molecule has 260 valence electrons. The van der Waals surface area contributed by atoms with Gasteiger partial charge in [0.2, 0.25) is 29.5 Å². The summed E-state index contributed by atoms with van der Waals surface area (Å²) in [5.41, 5.74) is 2.86. The van der Waals surface area contributed by atoms with Crippen molar-refractivity contribution in [3.05, 3.63) is 102 Å². The van der Waals surface area contributed by atoms with Crippen LogP contribution in [0.15, 0.2) is 79.1 Å². The first-order chi connectivity index (χ1) is 24.1. The average Bonchev–Trinajstić information content (AvgIpc) is 3.78. The van der Waals surface area contributed by atoms with Gasteiger partial charge in [-0.15, -0.1) is 0 Å². The summed E-state index contributed by atoms with van der Waals surface area (Å²) in [4.78, 5) is 71.8. The molecule has 3 aliphatic rings. The van der Waals surface area contributed by atoms with E-state index < -0.39 is 47.3 Å². The molecule has 2 aromatic heterocycles. The minimum Gasteiger partial charge on any atom is -0.492 e. The van der Waals surface area contributed by atoms with Crippen molar-refractivity contribution in [1.29, 1.82) is 0 Å². The lowest BCUT2D eigenvalue weighted by Crippen LogP contribution is -2.59. The zero-order valence-corrected chi connectivity index (χ0v) is 28.0. The maximum absolute atomic E-state index is 13.7. The van der Waals surface area contributed by atoms with Gasteiger partial charge >= 0.3 is 0 Å². The van der Waals surface area contributed by atoms with Crippen molar-refractivity contribution in [2.24, 2.45) is 0 Å². The van der Waals surface area contributed by atoms with Crippen LogP contribution in [0.25, 0.3) is 5.65 Å². The highest BCUT2D eigenvalue weighted by molar-refractivity contribution is 5.98. The van der Waals surface area contributed by atoms with E-state index in [0.29, 0.717) is 24.3 Å². The first-order valence-corrected chi connectivity index (χ1v) is 16.8. The Kier molecular flexibility index (Phi) is 10.1. The minimum absolute atomic E-state index is 0.0223. The third-order valence-corrected chi connectivity index (χ3v) is 9.04. The highest BCUT2D eigenvalue weighted by atomic mass is 16.5. The second-order valence-electron chi connectivity index (χ2n) is 12.9. The highest BCUT2D eigenvalue weighted by Gasteiger charge is 2.51. The molecule has 0 unspecified atom stereocenters. The van der Waals surface area contributed by atoms with Crippen LogP contribution in [0.2, 0.25) is 0 Å². The third-order valence-electron chi connectivity index (χ3n) is 9.04. The molecule has 5 N–H and O–H groups in total. The van der Waals surface area contributed by atoms with Gasteiger partial charge in [0.05, 0.1) is 18.7 Å². The number of carbonyl (C=O) groups is 5. The van der Waals surface area contributed by atoms with Crippen LogP contribution in [-0.4, -0.2) is 75.7 Å². The first kappa shape index (κ1) is 34.2. The molecule has 3 atom stereocenters. The zero-order chi connectivity index (χ0) is 35.3. The summed E-state index contributed by atoms with van der Waals surface area (Å²) in [7, 11) is 0. The van der Waals surface area contributed by atoms with Crippen LogP contribution in [0.1, 0.15) is 42.1 Å².